The van der Waals surface area contributed by atoms with Gasteiger partial charge in [0.05, 0.1) is 6.61 Å². The first-order valence-corrected chi connectivity index (χ1v) is 7.48. The topological polar surface area (TPSA) is 21.3 Å². The Morgan fingerprint density at radius 1 is 1.05 bits per heavy atom. The summed E-state index contributed by atoms with van der Waals surface area (Å²) in [5.74, 6) is 2.84. The number of hydrogen-bond acceptors (Lipinski definition) is 2. The Hall–Kier alpha value is -1.02. The lowest BCUT2D eigenvalue weighted by atomic mass is 9.88. The Bertz CT molecular complexity index is 362. The lowest BCUT2D eigenvalue weighted by Crippen LogP contribution is -2.27. The SMILES string of the molecule is CCOc1ccccc1C(C)C(C)CNCC(C)C. The largest absolute Gasteiger partial charge is 0.494 e. The molecule has 0 fully saturated rings. The van der Waals surface area contributed by atoms with Gasteiger partial charge in [-0.1, -0.05) is 45.9 Å². The van der Waals surface area contributed by atoms with Crippen LogP contribution in [0.2, 0.25) is 0 Å². The molecule has 0 heterocycles. The van der Waals surface area contributed by atoms with Crippen molar-refractivity contribution in [2.45, 2.75) is 40.5 Å². The van der Waals surface area contributed by atoms with Crippen LogP contribution in [-0.4, -0.2) is 19.7 Å². The molecule has 2 nitrogen and oxygen atoms in total. The van der Waals surface area contributed by atoms with E-state index in [9.17, 15) is 0 Å². The van der Waals surface area contributed by atoms with E-state index in [0.717, 1.165) is 25.4 Å². The molecule has 19 heavy (non-hydrogen) atoms. The van der Waals surface area contributed by atoms with E-state index in [-0.39, 0.29) is 0 Å². The van der Waals surface area contributed by atoms with Crippen molar-refractivity contribution >= 4 is 0 Å². The molecule has 0 saturated heterocycles. The van der Waals surface area contributed by atoms with E-state index in [1.54, 1.807) is 0 Å². The number of ether oxygens (including phenoxy) is 1. The van der Waals surface area contributed by atoms with Crippen molar-refractivity contribution in [3.05, 3.63) is 29.8 Å². The van der Waals surface area contributed by atoms with Gasteiger partial charge in [-0.05, 0) is 49.4 Å². The molecule has 0 aromatic heterocycles. The maximum atomic E-state index is 5.73. The quantitative estimate of drug-likeness (QED) is 0.763. The van der Waals surface area contributed by atoms with Crippen LogP contribution in [0.4, 0.5) is 0 Å². The third-order valence-corrected chi connectivity index (χ3v) is 3.58. The van der Waals surface area contributed by atoms with Crippen molar-refractivity contribution in [3.63, 3.8) is 0 Å². The highest BCUT2D eigenvalue weighted by atomic mass is 16.5. The molecule has 108 valence electrons. The zero-order valence-electron chi connectivity index (χ0n) is 13.1. The summed E-state index contributed by atoms with van der Waals surface area (Å²) in [5, 5.41) is 3.55. The van der Waals surface area contributed by atoms with Gasteiger partial charge in [-0.2, -0.15) is 0 Å². The monoisotopic (exact) mass is 263 g/mol. The highest BCUT2D eigenvalue weighted by Gasteiger charge is 2.17. The Labute approximate surface area is 118 Å². The Morgan fingerprint density at radius 3 is 2.37 bits per heavy atom. The van der Waals surface area contributed by atoms with E-state index in [4.69, 9.17) is 4.74 Å². The summed E-state index contributed by atoms with van der Waals surface area (Å²) in [6.07, 6.45) is 0. The van der Waals surface area contributed by atoms with Gasteiger partial charge >= 0.3 is 0 Å². The number of benzene rings is 1. The van der Waals surface area contributed by atoms with Gasteiger partial charge in [-0.3, -0.25) is 0 Å². The molecule has 0 spiro atoms. The van der Waals surface area contributed by atoms with Crippen LogP contribution in [0.3, 0.4) is 0 Å². The molecule has 0 aliphatic heterocycles. The zero-order valence-corrected chi connectivity index (χ0v) is 13.1. The predicted octanol–water partition coefficient (Wildman–Crippen LogP) is 4.07. The maximum Gasteiger partial charge on any atom is 0.122 e. The van der Waals surface area contributed by atoms with E-state index in [2.05, 4.69) is 51.2 Å². The van der Waals surface area contributed by atoms with Crippen LogP contribution in [-0.2, 0) is 0 Å². The first kappa shape index (κ1) is 16.0. The standard InChI is InChI=1S/C17H29NO/c1-6-19-17-10-8-7-9-16(17)15(5)14(4)12-18-11-13(2)3/h7-10,13-15,18H,6,11-12H2,1-5H3. The molecule has 2 heteroatoms. The molecule has 1 aromatic carbocycles. The van der Waals surface area contributed by atoms with Gasteiger partial charge in [0.2, 0.25) is 0 Å². The highest BCUT2D eigenvalue weighted by molar-refractivity contribution is 5.36. The smallest absolute Gasteiger partial charge is 0.122 e. The van der Waals surface area contributed by atoms with Crippen LogP contribution in [0.1, 0.15) is 46.1 Å². The van der Waals surface area contributed by atoms with Gasteiger partial charge in [-0.25, -0.2) is 0 Å². The summed E-state index contributed by atoms with van der Waals surface area (Å²) in [5.41, 5.74) is 1.32. The fraction of sp³-hybridized carbons (Fsp3) is 0.647. The van der Waals surface area contributed by atoms with Crippen LogP contribution in [0.25, 0.3) is 0 Å². The fourth-order valence-corrected chi connectivity index (χ4v) is 2.23. The van der Waals surface area contributed by atoms with Crippen molar-refractivity contribution in [1.29, 1.82) is 0 Å². The second-order valence-electron chi connectivity index (χ2n) is 5.79. The molecule has 0 aliphatic rings. The minimum atomic E-state index is 0.502. The molecule has 1 aromatic rings. The molecule has 1 N–H and O–H groups in total. The summed E-state index contributed by atoms with van der Waals surface area (Å²) in [4.78, 5) is 0. The van der Waals surface area contributed by atoms with Crippen molar-refractivity contribution < 1.29 is 4.74 Å². The summed E-state index contributed by atoms with van der Waals surface area (Å²) in [6, 6.07) is 8.41. The van der Waals surface area contributed by atoms with E-state index < -0.39 is 0 Å². The maximum absolute atomic E-state index is 5.73. The molecule has 0 bridgehead atoms. The van der Waals surface area contributed by atoms with Gasteiger partial charge < -0.3 is 10.1 Å². The average molecular weight is 263 g/mol. The normalized spacial score (nSPS) is 14.4. The van der Waals surface area contributed by atoms with Crippen molar-refractivity contribution in [3.8, 4) is 5.75 Å². The number of nitrogens with one attached hydrogen (secondary N) is 1. The molecule has 2 unspecified atom stereocenters. The summed E-state index contributed by atoms with van der Waals surface area (Å²) < 4.78 is 5.73. The highest BCUT2D eigenvalue weighted by Crippen LogP contribution is 2.31. The third-order valence-electron chi connectivity index (χ3n) is 3.58. The minimum absolute atomic E-state index is 0.502. The first-order valence-electron chi connectivity index (χ1n) is 7.48. The third kappa shape index (κ3) is 5.23. The van der Waals surface area contributed by atoms with E-state index >= 15 is 0 Å². The lowest BCUT2D eigenvalue weighted by molar-refractivity contribution is 0.328. The van der Waals surface area contributed by atoms with Crippen molar-refractivity contribution in [2.24, 2.45) is 11.8 Å². The lowest BCUT2D eigenvalue weighted by Gasteiger charge is -2.23. The van der Waals surface area contributed by atoms with E-state index in [0.29, 0.717) is 17.8 Å². The molecule has 0 aliphatic carbocycles. The van der Waals surface area contributed by atoms with Gasteiger partial charge in [0.1, 0.15) is 5.75 Å². The molecule has 0 radical (unpaired) electrons. The van der Waals surface area contributed by atoms with Gasteiger partial charge in [0, 0.05) is 0 Å². The number of hydrogen-bond donors (Lipinski definition) is 1. The van der Waals surface area contributed by atoms with Gasteiger partial charge in [0.25, 0.3) is 0 Å². The van der Waals surface area contributed by atoms with E-state index in [1.807, 2.05) is 13.0 Å². The zero-order chi connectivity index (χ0) is 14.3. The van der Waals surface area contributed by atoms with Crippen molar-refractivity contribution in [1.82, 2.24) is 5.32 Å². The summed E-state index contributed by atoms with van der Waals surface area (Å²) in [6.45, 7) is 14.0. The average Bonchev–Trinajstić information content (AvgIpc) is 2.38. The van der Waals surface area contributed by atoms with Gasteiger partial charge in [0.15, 0.2) is 0 Å². The number of rotatable bonds is 8. The Morgan fingerprint density at radius 2 is 1.74 bits per heavy atom. The molecule has 0 amide bonds. The van der Waals surface area contributed by atoms with E-state index in [1.165, 1.54) is 5.56 Å². The predicted molar refractivity (Wildman–Crippen MR) is 82.9 cm³/mol. The molecular weight excluding hydrogens is 234 g/mol. The molecular formula is C17H29NO. The minimum Gasteiger partial charge on any atom is -0.494 e. The number of para-hydroxylation sites is 1. The molecule has 1 rings (SSSR count). The second-order valence-corrected chi connectivity index (χ2v) is 5.79. The second kappa shape index (κ2) is 8.21. The summed E-state index contributed by atoms with van der Waals surface area (Å²) >= 11 is 0. The Kier molecular flexibility index (Phi) is 6.93. The van der Waals surface area contributed by atoms with Crippen molar-refractivity contribution in [2.75, 3.05) is 19.7 Å². The fourth-order valence-electron chi connectivity index (χ4n) is 2.23. The van der Waals surface area contributed by atoms with Crippen LogP contribution in [0, 0.1) is 11.8 Å². The van der Waals surface area contributed by atoms with Crippen LogP contribution < -0.4 is 10.1 Å². The van der Waals surface area contributed by atoms with Gasteiger partial charge in [-0.15, -0.1) is 0 Å². The molecule has 0 saturated carbocycles. The van der Waals surface area contributed by atoms with Crippen LogP contribution in [0.15, 0.2) is 24.3 Å². The van der Waals surface area contributed by atoms with Crippen LogP contribution in [0.5, 0.6) is 5.75 Å². The van der Waals surface area contributed by atoms with Crippen LogP contribution >= 0.6 is 0 Å². The first-order chi connectivity index (χ1) is 9.06. The molecule has 2 atom stereocenters. The summed E-state index contributed by atoms with van der Waals surface area (Å²) in [7, 11) is 0. The Balaban J connectivity index is 2.62.